The molecule has 1 saturated carbocycles. The van der Waals surface area contributed by atoms with Crippen LogP contribution in [0.25, 0.3) is 17.2 Å². The van der Waals surface area contributed by atoms with Gasteiger partial charge in [0.25, 0.3) is 0 Å². The number of amides is 1. The molecule has 1 N–H and O–H groups in total. The molecular weight excluding hydrogens is 441 g/mol. The number of fused-ring (bicyclic) bond motifs is 2. The van der Waals surface area contributed by atoms with E-state index in [0.717, 1.165) is 42.5 Å². The lowest BCUT2D eigenvalue weighted by Gasteiger charge is -2.43. The lowest BCUT2D eigenvalue weighted by atomic mass is 9.62. The van der Waals surface area contributed by atoms with Crippen molar-refractivity contribution < 1.29 is 13.9 Å². The van der Waals surface area contributed by atoms with Gasteiger partial charge in [-0.15, -0.1) is 0 Å². The zero-order chi connectivity index (χ0) is 24.2. The quantitative estimate of drug-likeness (QED) is 0.484. The number of halogens is 1. The lowest BCUT2D eigenvalue weighted by molar-refractivity contribution is 0.129. The summed E-state index contributed by atoms with van der Waals surface area (Å²) in [6.45, 7) is 2.21. The van der Waals surface area contributed by atoms with Gasteiger partial charge in [0.2, 0.25) is 0 Å². The van der Waals surface area contributed by atoms with E-state index in [9.17, 15) is 9.18 Å². The van der Waals surface area contributed by atoms with Gasteiger partial charge in [0, 0.05) is 36.1 Å². The predicted molar refractivity (Wildman–Crippen MR) is 134 cm³/mol. The number of rotatable bonds is 5. The van der Waals surface area contributed by atoms with Crippen molar-refractivity contribution in [1.82, 2.24) is 15.3 Å². The van der Waals surface area contributed by atoms with E-state index in [1.165, 1.54) is 23.3 Å². The molecule has 3 aromatic rings. The first kappa shape index (κ1) is 23.2. The molecule has 1 amide bonds. The molecule has 0 saturated heterocycles. The number of ether oxygens (including phenoxy) is 1. The van der Waals surface area contributed by atoms with Crippen LogP contribution in [-0.2, 0) is 11.2 Å². The van der Waals surface area contributed by atoms with E-state index in [0.29, 0.717) is 18.4 Å². The number of nitrogens with zero attached hydrogens (tertiary/aromatic N) is 2. The van der Waals surface area contributed by atoms with E-state index in [1.54, 1.807) is 12.3 Å². The van der Waals surface area contributed by atoms with Crippen LogP contribution in [0.3, 0.4) is 0 Å². The molecule has 1 aromatic carbocycles. The number of carbonyl (C=O) groups excluding carboxylic acids is 1. The number of aromatic nitrogens is 2. The van der Waals surface area contributed by atoms with Gasteiger partial charge in [0.15, 0.2) is 0 Å². The van der Waals surface area contributed by atoms with Gasteiger partial charge in [-0.3, -0.25) is 9.97 Å². The highest BCUT2D eigenvalue weighted by Crippen LogP contribution is 2.47. The Bertz CT molecular complexity index is 1210. The van der Waals surface area contributed by atoms with Crippen molar-refractivity contribution >= 4 is 12.2 Å². The largest absolute Gasteiger partial charge is 0.450 e. The molecule has 0 spiro atoms. The van der Waals surface area contributed by atoms with Crippen LogP contribution in [0, 0.1) is 17.7 Å². The number of benzene rings is 1. The molecule has 5 nitrogen and oxygen atoms in total. The summed E-state index contributed by atoms with van der Waals surface area (Å²) in [6, 6.07) is 12.8. The fraction of sp³-hybridized carbons (Fsp3) is 0.345. The number of alkyl carbamates (subject to hydrolysis) is 1. The Morgan fingerprint density at radius 2 is 2.09 bits per heavy atom. The van der Waals surface area contributed by atoms with Gasteiger partial charge in [0.05, 0.1) is 12.3 Å². The van der Waals surface area contributed by atoms with Gasteiger partial charge in [-0.25, -0.2) is 9.18 Å². The first-order valence-electron chi connectivity index (χ1n) is 12.4. The monoisotopic (exact) mass is 471 g/mol. The number of hydrogen-bond donors (Lipinski definition) is 1. The standard InChI is InChI=1S/C29H30FN3O2/c1-2-35-29(34)33-25-9-10-26-22(16-25)14-20-12-13-31-18-28(20)27(26)11-8-24-7-6-21(17-32-24)19-4-3-5-23(30)15-19/h3-8,11-13,15,17-18,22,25-27H,2,9-10,14,16H2,1H3,(H,33,34)/b11-8+/t22-,25-,26-,27+/m1/s1. The van der Waals surface area contributed by atoms with Crippen molar-refractivity contribution in [3.63, 3.8) is 0 Å². The van der Waals surface area contributed by atoms with Gasteiger partial charge >= 0.3 is 6.09 Å². The molecule has 0 bridgehead atoms. The molecule has 2 aliphatic rings. The molecule has 5 rings (SSSR count). The molecule has 2 aliphatic carbocycles. The molecular formula is C29H30FN3O2. The maximum atomic E-state index is 13.6. The number of nitrogens with one attached hydrogen (secondary N) is 1. The SMILES string of the molecule is CCOC(=O)N[C@@H]1CC[C@@H]2[C@H](Cc3ccncc3[C@H]2/C=C/c2ccc(-c3cccc(F)c3)cn2)C1. The van der Waals surface area contributed by atoms with Crippen molar-refractivity contribution in [2.75, 3.05) is 6.61 Å². The van der Waals surface area contributed by atoms with Crippen LogP contribution in [0.5, 0.6) is 0 Å². The summed E-state index contributed by atoms with van der Waals surface area (Å²) >= 11 is 0. The summed E-state index contributed by atoms with van der Waals surface area (Å²) in [6.07, 6.45) is 13.6. The maximum absolute atomic E-state index is 13.6. The van der Waals surface area contributed by atoms with Crippen molar-refractivity contribution in [1.29, 1.82) is 0 Å². The Balaban J connectivity index is 1.34. The molecule has 4 atom stereocenters. The number of hydrogen-bond acceptors (Lipinski definition) is 4. The topological polar surface area (TPSA) is 64.1 Å². The third-order valence-corrected chi connectivity index (χ3v) is 7.31. The molecule has 0 aliphatic heterocycles. The van der Waals surface area contributed by atoms with Crippen LogP contribution in [0.4, 0.5) is 9.18 Å². The van der Waals surface area contributed by atoms with E-state index in [4.69, 9.17) is 4.74 Å². The van der Waals surface area contributed by atoms with E-state index >= 15 is 0 Å². The Morgan fingerprint density at radius 1 is 1.17 bits per heavy atom. The average molecular weight is 472 g/mol. The third kappa shape index (κ3) is 5.26. The second kappa shape index (κ2) is 10.4. The van der Waals surface area contributed by atoms with Gasteiger partial charge in [-0.1, -0.05) is 24.3 Å². The highest BCUT2D eigenvalue weighted by molar-refractivity contribution is 5.67. The lowest BCUT2D eigenvalue weighted by Crippen LogP contribution is -2.44. The molecule has 35 heavy (non-hydrogen) atoms. The van der Waals surface area contributed by atoms with Gasteiger partial charge in [0.1, 0.15) is 5.82 Å². The van der Waals surface area contributed by atoms with Crippen molar-refractivity contribution in [3.8, 4) is 11.1 Å². The number of pyridine rings is 2. The summed E-state index contributed by atoms with van der Waals surface area (Å²) in [4.78, 5) is 21.0. The van der Waals surface area contributed by atoms with E-state index < -0.39 is 0 Å². The molecule has 2 aromatic heterocycles. The summed E-state index contributed by atoms with van der Waals surface area (Å²) in [5.74, 6) is 0.988. The molecule has 0 unspecified atom stereocenters. The van der Waals surface area contributed by atoms with Crippen molar-refractivity contribution in [3.05, 3.63) is 89.8 Å². The minimum Gasteiger partial charge on any atom is -0.450 e. The highest BCUT2D eigenvalue weighted by Gasteiger charge is 2.40. The summed E-state index contributed by atoms with van der Waals surface area (Å²) in [5.41, 5.74) is 5.20. The van der Waals surface area contributed by atoms with Crippen LogP contribution in [0.15, 0.2) is 67.1 Å². The zero-order valence-corrected chi connectivity index (χ0v) is 19.9. The molecule has 1 fully saturated rings. The number of carbonyl (C=O) groups is 1. The second-order valence-electron chi connectivity index (χ2n) is 9.44. The smallest absolute Gasteiger partial charge is 0.407 e. The Labute approximate surface area is 205 Å². The van der Waals surface area contributed by atoms with Gasteiger partial charge in [-0.05, 0) is 91.5 Å². The molecule has 6 heteroatoms. The van der Waals surface area contributed by atoms with Crippen LogP contribution in [0.2, 0.25) is 0 Å². The molecule has 2 heterocycles. The minimum absolute atomic E-state index is 0.153. The fourth-order valence-corrected chi connectivity index (χ4v) is 5.69. The van der Waals surface area contributed by atoms with E-state index in [2.05, 4.69) is 33.5 Å². The van der Waals surface area contributed by atoms with Crippen molar-refractivity contribution in [2.24, 2.45) is 11.8 Å². The molecule has 180 valence electrons. The van der Waals surface area contributed by atoms with Gasteiger partial charge < -0.3 is 10.1 Å². The van der Waals surface area contributed by atoms with Crippen LogP contribution < -0.4 is 5.32 Å². The third-order valence-electron chi connectivity index (χ3n) is 7.31. The first-order chi connectivity index (χ1) is 17.1. The Kier molecular flexibility index (Phi) is 6.89. The molecule has 0 radical (unpaired) electrons. The van der Waals surface area contributed by atoms with E-state index in [-0.39, 0.29) is 23.9 Å². The van der Waals surface area contributed by atoms with Crippen LogP contribution in [0.1, 0.15) is 48.9 Å². The summed E-state index contributed by atoms with van der Waals surface area (Å²) in [7, 11) is 0. The summed E-state index contributed by atoms with van der Waals surface area (Å²) in [5, 5.41) is 3.05. The predicted octanol–water partition coefficient (Wildman–Crippen LogP) is 6.17. The minimum atomic E-state index is -0.319. The Morgan fingerprint density at radius 3 is 2.89 bits per heavy atom. The highest BCUT2D eigenvalue weighted by atomic mass is 19.1. The summed E-state index contributed by atoms with van der Waals surface area (Å²) < 4.78 is 18.7. The first-order valence-corrected chi connectivity index (χ1v) is 12.4. The van der Waals surface area contributed by atoms with Crippen molar-refractivity contribution in [2.45, 2.75) is 44.6 Å². The fourth-order valence-electron chi connectivity index (χ4n) is 5.69. The normalized spacial score (nSPS) is 23.4. The zero-order valence-electron chi connectivity index (χ0n) is 19.9. The number of allylic oxidation sites excluding steroid dienone is 1. The van der Waals surface area contributed by atoms with Crippen LogP contribution >= 0.6 is 0 Å². The maximum Gasteiger partial charge on any atom is 0.407 e. The van der Waals surface area contributed by atoms with Crippen LogP contribution in [-0.4, -0.2) is 28.7 Å². The average Bonchev–Trinajstić information content (AvgIpc) is 2.87. The van der Waals surface area contributed by atoms with E-state index in [1.807, 2.05) is 37.5 Å². The second-order valence-corrected chi connectivity index (χ2v) is 9.44. The van der Waals surface area contributed by atoms with Gasteiger partial charge in [-0.2, -0.15) is 0 Å². The Hall–Kier alpha value is -3.54.